The third-order valence-electron chi connectivity index (χ3n) is 3.39. The summed E-state index contributed by atoms with van der Waals surface area (Å²) in [5, 5.41) is 0.538. The first-order chi connectivity index (χ1) is 11.5. The van der Waals surface area contributed by atoms with Gasteiger partial charge < -0.3 is 9.47 Å². The SMILES string of the molecule is COC(CNS(=O)(=O)CCOc1ccccc1)c1ccccc1Cl. The summed E-state index contributed by atoms with van der Waals surface area (Å²) >= 11 is 6.12. The number of para-hydroxylation sites is 1. The highest BCUT2D eigenvalue weighted by Crippen LogP contribution is 2.24. The van der Waals surface area contributed by atoms with Gasteiger partial charge in [0, 0.05) is 24.2 Å². The van der Waals surface area contributed by atoms with Crippen molar-refractivity contribution in [2.45, 2.75) is 6.10 Å². The minimum absolute atomic E-state index is 0.0725. The Morgan fingerprint density at radius 2 is 1.75 bits per heavy atom. The Morgan fingerprint density at radius 3 is 2.42 bits per heavy atom. The van der Waals surface area contributed by atoms with Crippen LogP contribution in [0.5, 0.6) is 5.75 Å². The van der Waals surface area contributed by atoms with E-state index in [-0.39, 0.29) is 18.9 Å². The molecule has 0 aliphatic carbocycles. The molecule has 0 spiro atoms. The molecule has 0 aliphatic heterocycles. The lowest BCUT2D eigenvalue weighted by Crippen LogP contribution is -2.33. The Hall–Kier alpha value is -1.60. The predicted molar refractivity (Wildman–Crippen MR) is 94.9 cm³/mol. The first kappa shape index (κ1) is 18.7. The van der Waals surface area contributed by atoms with Gasteiger partial charge in [0.2, 0.25) is 10.0 Å². The fraction of sp³-hybridized carbons (Fsp3) is 0.294. The lowest BCUT2D eigenvalue weighted by Gasteiger charge is -2.18. The quantitative estimate of drug-likeness (QED) is 0.737. The van der Waals surface area contributed by atoms with Crippen molar-refractivity contribution in [1.29, 1.82) is 0 Å². The first-order valence-corrected chi connectivity index (χ1v) is 9.47. The fourth-order valence-electron chi connectivity index (χ4n) is 2.12. The van der Waals surface area contributed by atoms with Gasteiger partial charge >= 0.3 is 0 Å². The molecule has 1 atom stereocenters. The van der Waals surface area contributed by atoms with E-state index in [9.17, 15) is 8.42 Å². The van der Waals surface area contributed by atoms with Crippen LogP contribution in [0.4, 0.5) is 0 Å². The van der Waals surface area contributed by atoms with Gasteiger partial charge in [-0.05, 0) is 18.2 Å². The van der Waals surface area contributed by atoms with Crippen molar-refractivity contribution in [3.05, 3.63) is 65.2 Å². The number of halogens is 1. The van der Waals surface area contributed by atoms with E-state index in [1.165, 1.54) is 7.11 Å². The molecule has 24 heavy (non-hydrogen) atoms. The number of hydrogen-bond acceptors (Lipinski definition) is 4. The van der Waals surface area contributed by atoms with Gasteiger partial charge in [0.05, 0.1) is 11.9 Å². The number of sulfonamides is 1. The Labute approximate surface area is 147 Å². The molecule has 7 heteroatoms. The topological polar surface area (TPSA) is 64.6 Å². The maximum absolute atomic E-state index is 12.1. The lowest BCUT2D eigenvalue weighted by atomic mass is 10.1. The van der Waals surface area contributed by atoms with Crippen molar-refractivity contribution in [3.8, 4) is 5.75 Å². The Kier molecular flexibility index (Phi) is 7.05. The molecule has 0 radical (unpaired) electrons. The molecule has 0 aliphatic rings. The van der Waals surface area contributed by atoms with E-state index in [2.05, 4.69) is 4.72 Å². The Balaban J connectivity index is 1.86. The largest absolute Gasteiger partial charge is 0.492 e. The van der Waals surface area contributed by atoms with Gasteiger partial charge in [-0.3, -0.25) is 0 Å². The second-order valence-corrected chi connectivity index (χ2v) is 7.41. The zero-order valence-electron chi connectivity index (χ0n) is 13.3. The van der Waals surface area contributed by atoms with Crippen LogP contribution in [0.1, 0.15) is 11.7 Å². The molecule has 0 amide bonds. The molecular weight excluding hydrogens is 350 g/mol. The highest BCUT2D eigenvalue weighted by Gasteiger charge is 2.18. The molecule has 0 bridgehead atoms. The van der Waals surface area contributed by atoms with Gasteiger partial charge in [0.15, 0.2) is 0 Å². The molecule has 0 fully saturated rings. The fourth-order valence-corrected chi connectivity index (χ4v) is 3.23. The van der Waals surface area contributed by atoms with Crippen molar-refractivity contribution in [2.75, 3.05) is 26.0 Å². The summed E-state index contributed by atoms with van der Waals surface area (Å²) in [5.74, 6) is 0.499. The molecule has 1 N–H and O–H groups in total. The van der Waals surface area contributed by atoms with Crippen molar-refractivity contribution in [3.63, 3.8) is 0 Å². The van der Waals surface area contributed by atoms with Crippen LogP contribution in [0.25, 0.3) is 0 Å². The third kappa shape index (κ3) is 5.79. The molecule has 1 unspecified atom stereocenters. The van der Waals surface area contributed by atoms with Crippen LogP contribution >= 0.6 is 11.6 Å². The lowest BCUT2D eigenvalue weighted by molar-refractivity contribution is 0.107. The normalized spacial score (nSPS) is 12.8. The zero-order valence-corrected chi connectivity index (χ0v) is 14.9. The summed E-state index contributed by atoms with van der Waals surface area (Å²) in [5.41, 5.74) is 0.741. The smallest absolute Gasteiger partial charge is 0.215 e. The molecule has 5 nitrogen and oxygen atoms in total. The standard InChI is InChI=1S/C17H20ClNO4S/c1-22-17(15-9-5-6-10-16(15)18)13-19-24(20,21)12-11-23-14-7-3-2-4-8-14/h2-10,17,19H,11-13H2,1H3. The second-order valence-electron chi connectivity index (χ2n) is 5.07. The molecule has 2 aromatic rings. The van der Waals surface area contributed by atoms with Crippen molar-refractivity contribution >= 4 is 21.6 Å². The molecule has 0 saturated carbocycles. The summed E-state index contributed by atoms with van der Waals surface area (Å²) in [7, 11) is -1.96. The molecule has 0 aromatic heterocycles. The third-order valence-corrected chi connectivity index (χ3v) is 5.04. The summed E-state index contributed by atoms with van der Waals surface area (Å²) in [6.45, 7) is 0.178. The van der Waals surface area contributed by atoms with Crippen LogP contribution in [0, 0.1) is 0 Å². The first-order valence-electron chi connectivity index (χ1n) is 7.44. The highest BCUT2D eigenvalue weighted by atomic mass is 35.5. The molecule has 0 saturated heterocycles. The maximum atomic E-state index is 12.1. The van der Waals surface area contributed by atoms with E-state index in [1.807, 2.05) is 36.4 Å². The number of methoxy groups -OCH3 is 1. The van der Waals surface area contributed by atoms with Crippen LogP contribution in [0.2, 0.25) is 5.02 Å². The Bertz CT molecular complexity index is 737. The summed E-state index contributed by atoms with van der Waals surface area (Å²) < 4.78 is 37.4. The predicted octanol–water partition coefficient (Wildman–Crippen LogP) is 3.03. The number of rotatable bonds is 9. The number of nitrogens with one attached hydrogen (secondary N) is 1. The van der Waals surface area contributed by atoms with E-state index in [0.717, 1.165) is 5.56 Å². The summed E-state index contributed by atoms with van der Waals surface area (Å²) in [4.78, 5) is 0. The molecule has 2 rings (SSSR count). The van der Waals surface area contributed by atoms with Gasteiger partial charge in [-0.15, -0.1) is 0 Å². The van der Waals surface area contributed by atoms with Gasteiger partial charge in [0.25, 0.3) is 0 Å². The minimum Gasteiger partial charge on any atom is -0.492 e. The number of ether oxygens (including phenoxy) is 2. The molecule has 130 valence electrons. The van der Waals surface area contributed by atoms with E-state index in [4.69, 9.17) is 21.1 Å². The van der Waals surface area contributed by atoms with E-state index in [0.29, 0.717) is 10.8 Å². The van der Waals surface area contributed by atoms with E-state index < -0.39 is 16.1 Å². The Morgan fingerprint density at radius 1 is 1.08 bits per heavy atom. The molecular formula is C17H20ClNO4S. The van der Waals surface area contributed by atoms with Gasteiger partial charge in [-0.2, -0.15) is 0 Å². The van der Waals surface area contributed by atoms with Crippen molar-refractivity contribution in [1.82, 2.24) is 4.72 Å². The average molecular weight is 370 g/mol. The number of hydrogen-bond donors (Lipinski definition) is 1. The van der Waals surface area contributed by atoms with Crippen LogP contribution in [0.15, 0.2) is 54.6 Å². The van der Waals surface area contributed by atoms with Gasteiger partial charge in [-0.25, -0.2) is 13.1 Å². The van der Waals surface area contributed by atoms with Crippen LogP contribution < -0.4 is 9.46 Å². The van der Waals surface area contributed by atoms with Crippen molar-refractivity contribution < 1.29 is 17.9 Å². The second kappa shape index (κ2) is 9.03. The summed E-state index contributed by atoms with van der Waals surface area (Å²) in [6.07, 6.45) is -0.455. The van der Waals surface area contributed by atoms with Crippen LogP contribution in [0.3, 0.4) is 0 Å². The minimum atomic E-state index is -3.48. The average Bonchev–Trinajstić information content (AvgIpc) is 2.57. The molecule has 2 aromatic carbocycles. The van der Waals surface area contributed by atoms with Crippen molar-refractivity contribution in [2.24, 2.45) is 0 Å². The maximum Gasteiger partial charge on any atom is 0.215 e. The van der Waals surface area contributed by atoms with Gasteiger partial charge in [-0.1, -0.05) is 48.0 Å². The highest BCUT2D eigenvalue weighted by molar-refractivity contribution is 7.89. The van der Waals surface area contributed by atoms with Crippen LogP contribution in [-0.2, 0) is 14.8 Å². The zero-order chi connectivity index (χ0) is 17.4. The molecule has 0 heterocycles. The van der Waals surface area contributed by atoms with Gasteiger partial charge in [0.1, 0.15) is 12.4 Å². The number of benzene rings is 2. The monoisotopic (exact) mass is 369 g/mol. The summed E-state index contributed by atoms with van der Waals surface area (Å²) in [6, 6.07) is 16.3. The van der Waals surface area contributed by atoms with E-state index in [1.54, 1.807) is 18.2 Å². The van der Waals surface area contributed by atoms with Crippen LogP contribution in [-0.4, -0.2) is 34.4 Å². The van der Waals surface area contributed by atoms with E-state index >= 15 is 0 Å².